The summed E-state index contributed by atoms with van der Waals surface area (Å²) in [6.07, 6.45) is -2.33. The number of rotatable bonds is 8. The second-order valence-corrected chi connectivity index (χ2v) is 10.4. The second kappa shape index (κ2) is 12.7. The van der Waals surface area contributed by atoms with Crippen LogP contribution >= 0.6 is 11.6 Å². The van der Waals surface area contributed by atoms with Gasteiger partial charge in [-0.05, 0) is 64.7 Å². The molecule has 45 heavy (non-hydrogen) atoms. The van der Waals surface area contributed by atoms with Gasteiger partial charge in [0.05, 0.1) is 42.2 Å². The number of hydrogen-bond donors (Lipinski definition) is 0. The molecule has 0 saturated carbocycles. The van der Waals surface area contributed by atoms with E-state index in [-0.39, 0.29) is 12.2 Å². The Kier molecular flexibility index (Phi) is 8.77. The maximum absolute atomic E-state index is 13.0. The largest absolute Gasteiger partial charge is 0.573 e. The summed E-state index contributed by atoms with van der Waals surface area (Å²) in [5.41, 5.74) is 3.78. The van der Waals surface area contributed by atoms with Crippen LogP contribution in [0.3, 0.4) is 0 Å². The Balaban J connectivity index is 1.58. The van der Waals surface area contributed by atoms with Gasteiger partial charge in [0.15, 0.2) is 0 Å². The van der Waals surface area contributed by atoms with E-state index < -0.39 is 23.8 Å². The highest BCUT2D eigenvalue weighted by atomic mass is 35.5. The molecule has 3 aromatic carbocycles. The van der Waals surface area contributed by atoms with Gasteiger partial charge in [0.2, 0.25) is 0 Å². The molecule has 0 fully saturated rings. The fraction of sp³-hybridized carbons (Fsp3) is 0.152. The third-order valence-corrected chi connectivity index (χ3v) is 7.44. The highest BCUT2D eigenvalue weighted by Gasteiger charge is 2.31. The molecule has 1 atom stereocenters. The molecule has 0 amide bonds. The second-order valence-electron chi connectivity index (χ2n) is 10.0. The van der Waals surface area contributed by atoms with E-state index in [9.17, 15) is 28.5 Å². The molecule has 5 rings (SSSR count). The van der Waals surface area contributed by atoms with Crippen LogP contribution in [0.1, 0.15) is 34.2 Å². The number of benzene rings is 3. The Morgan fingerprint density at radius 2 is 1.56 bits per heavy atom. The van der Waals surface area contributed by atoms with Crippen LogP contribution in [0.2, 0.25) is 5.02 Å². The van der Waals surface area contributed by atoms with Gasteiger partial charge in [-0.1, -0.05) is 41.9 Å². The maximum Gasteiger partial charge on any atom is 0.573 e. The first-order valence-corrected chi connectivity index (χ1v) is 13.7. The Hall–Kier alpha value is -5.36. The average molecular weight is 630 g/mol. The van der Waals surface area contributed by atoms with Crippen molar-refractivity contribution in [3.63, 3.8) is 0 Å². The highest BCUT2D eigenvalue weighted by molar-refractivity contribution is 6.30. The van der Waals surface area contributed by atoms with E-state index in [1.54, 1.807) is 48.4 Å². The van der Waals surface area contributed by atoms with Crippen molar-refractivity contribution in [2.24, 2.45) is 14.1 Å². The summed E-state index contributed by atoms with van der Waals surface area (Å²) >= 11 is 6.08. The number of nitriles is 2. The smallest absolute Gasteiger partial charge is 0.406 e. The lowest BCUT2D eigenvalue weighted by molar-refractivity contribution is -0.274. The molecule has 0 aliphatic rings. The summed E-state index contributed by atoms with van der Waals surface area (Å²) in [7, 11) is 3.29. The van der Waals surface area contributed by atoms with Crippen molar-refractivity contribution in [1.82, 2.24) is 14.1 Å². The molecular weight excluding hydrogens is 607 g/mol. The van der Waals surface area contributed by atoms with Gasteiger partial charge in [0.1, 0.15) is 23.5 Å². The zero-order valence-corrected chi connectivity index (χ0v) is 24.6. The molecule has 1 unspecified atom stereocenters. The Labute approximate surface area is 260 Å². The van der Waals surface area contributed by atoms with Crippen LogP contribution in [0, 0.1) is 22.7 Å². The zero-order chi connectivity index (χ0) is 32.3. The summed E-state index contributed by atoms with van der Waals surface area (Å²) in [6, 6.07) is 23.0. The number of aromatic nitrogens is 3. The van der Waals surface area contributed by atoms with Crippen LogP contribution in [-0.2, 0) is 25.4 Å². The standard InChI is InChI=1S/C33H23ClF3N5O3/c1-41-19-40-17-29(41)31(22-3-4-23(15-38)27(13-22)20-5-9-25(34)10-6-20)44-18-30-28(14-24(16-39)32(43)42(30)2)21-7-11-26(12-8-21)45-33(35,36)37/h3-14,17,19,31H,18H2,1-2H3. The molecule has 2 aromatic heterocycles. The third-order valence-electron chi connectivity index (χ3n) is 7.19. The average Bonchev–Trinajstić information content (AvgIpc) is 3.44. The van der Waals surface area contributed by atoms with E-state index in [0.29, 0.717) is 44.2 Å². The normalized spacial score (nSPS) is 11.9. The quantitative estimate of drug-likeness (QED) is 0.182. The van der Waals surface area contributed by atoms with Gasteiger partial charge in [-0.15, -0.1) is 13.2 Å². The van der Waals surface area contributed by atoms with Crippen molar-refractivity contribution >= 4 is 11.6 Å². The van der Waals surface area contributed by atoms with Crippen LogP contribution in [0.4, 0.5) is 13.2 Å². The number of hydrogen-bond acceptors (Lipinski definition) is 6. The van der Waals surface area contributed by atoms with Gasteiger partial charge in [-0.2, -0.15) is 10.5 Å². The minimum atomic E-state index is -4.86. The summed E-state index contributed by atoms with van der Waals surface area (Å²) in [5.74, 6) is -0.414. The fourth-order valence-electron chi connectivity index (χ4n) is 4.94. The van der Waals surface area contributed by atoms with Gasteiger partial charge in [-0.25, -0.2) is 4.98 Å². The minimum absolute atomic E-state index is 0.139. The van der Waals surface area contributed by atoms with Crippen molar-refractivity contribution < 1.29 is 22.6 Å². The van der Waals surface area contributed by atoms with Crippen molar-refractivity contribution in [3.8, 4) is 40.1 Å². The van der Waals surface area contributed by atoms with Gasteiger partial charge < -0.3 is 18.6 Å². The van der Waals surface area contributed by atoms with E-state index in [4.69, 9.17) is 16.3 Å². The van der Waals surface area contributed by atoms with Crippen LogP contribution in [0.5, 0.6) is 5.75 Å². The molecule has 0 saturated heterocycles. The summed E-state index contributed by atoms with van der Waals surface area (Å²) in [5, 5.41) is 20.0. The molecule has 0 aliphatic carbocycles. The van der Waals surface area contributed by atoms with Gasteiger partial charge >= 0.3 is 6.36 Å². The topological polar surface area (TPSA) is 106 Å². The summed E-state index contributed by atoms with van der Waals surface area (Å²) < 4.78 is 51.7. The molecule has 5 aromatic rings. The SMILES string of the molecule is Cn1cncc1C(OCc1c(-c2ccc(OC(F)(F)F)cc2)cc(C#N)c(=O)n1C)c1ccc(C#N)c(-c2ccc(Cl)cc2)c1. The van der Waals surface area contributed by atoms with Crippen molar-refractivity contribution in [2.75, 3.05) is 0 Å². The summed E-state index contributed by atoms with van der Waals surface area (Å²) in [6.45, 7) is -0.139. The summed E-state index contributed by atoms with van der Waals surface area (Å²) in [4.78, 5) is 17.2. The van der Waals surface area contributed by atoms with E-state index >= 15 is 0 Å². The zero-order valence-electron chi connectivity index (χ0n) is 23.8. The molecule has 8 nitrogen and oxygen atoms in total. The number of halogens is 4. The van der Waals surface area contributed by atoms with Crippen molar-refractivity contribution in [2.45, 2.75) is 19.1 Å². The molecule has 0 bridgehead atoms. The van der Waals surface area contributed by atoms with E-state index in [0.717, 1.165) is 17.7 Å². The van der Waals surface area contributed by atoms with Crippen LogP contribution < -0.4 is 10.3 Å². The molecule has 0 N–H and O–H groups in total. The van der Waals surface area contributed by atoms with Crippen molar-refractivity contribution in [1.29, 1.82) is 10.5 Å². The predicted octanol–water partition coefficient (Wildman–Crippen LogP) is 7.05. The van der Waals surface area contributed by atoms with Crippen molar-refractivity contribution in [3.05, 3.63) is 129 Å². The van der Waals surface area contributed by atoms with Gasteiger partial charge in [0, 0.05) is 24.7 Å². The van der Waals surface area contributed by atoms with Gasteiger partial charge in [-0.3, -0.25) is 4.79 Å². The van der Waals surface area contributed by atoms with Crippen LogP contribution in [0.15, 0.2) is 90.1 Å². The maximum atomic E-state index is 13.0. The molecule has 0 aliphatic heterocycles. The van der Waals surface area contributed by atoms with E-state index in [2.05, 4.69) is 15.8 Å². The van der Waals surface area contributed by atoms with Gasteiger partial charge in [0.25, 0.3) is 5.56 Å². The Morgan fingerprint density at radius 1 is 0.911 bits per heavy atom. The van der Waals surface area contributed by atoms with Crippen LogP contribution in [0.25, 0.3) is 22.3 Å². The third kappa shape index (κ3) is 6.75. The monoisotopic (exact) mass is 629 g/mol. The fourth-order valence-corrected chi connectivity index (χ4v) is 5.07. The first kappa shape index (κ1) is 31.1. The lowest BCUT2D eigenvalue weighted by atomic mass is 9.95. The number of aryl methyl sites for hydroxylation is 1. The van der Waals surface area contributed by atoms with E-state index in [1.807, 2.05) is 24.3 Å². The molecule has 2 heterocycles. The lowest BCUT2D eigenvalue weighted by Gasteiger charge is -2.22. The minimum Gasteiger partial charge on any atom is -0.406 e. The van der Waals surface area contributed by atoms with E-state index in [1.165, 1.54) is 29.8 Å². The number of pyridine rings is 1. The number of alkyl halides is 3. The molecule has 0 spiro atoms. The molecule has 0 radical (unpaired) electrons. The predicted molar refractivity (Wildman–Crippen MR) is 160 cm³/mol. The number of ether oxygens (including phenoxy) is 2. The lowest BCUT2D eigenvalue weighted by Crippen LogP contribution is -2.25. The number of imidazole rings is 1. The molecule has 226 valence electrons. The molecule has 12 heteroatoms. The first-order valence-electron chi connectivity index (χ1n) is 13.4. The Bertz CT molecular complexity index is 2000. The number of nitrogens with zero attached hydrogens (tertiary/aromatic N) is 5. The molecular formula is C33H23ClF3N5O3. The Morgan fingerprint density at radius 3 is 2.16 bits per heavy atom. The first-order chi connectivity index (χ1) is 21.5. The van der Waals surface area contributed by atoms with Crippen LogP contribution in [-0.4, -0.2) is 20.5 Å². The highest BCUT2D eigenvalue weighted by Crippen LogP contribution is 2.34.